The minimum absolute atomic E-state index is 0.0832. The largest absolute Gasteiger partial charge is 0.458 e. The fraction of sp³-hybridized carbons (Fsp3) is 0.348. The summed E-state index contributed by atoms with van der Waals surface area (Å²) in [6, 6.07) is 3.42. The number of alkyl halides is 6. The molecule has 4 heterocycles. The third-order valence-corrected chi connectivity index (χ3v) is 5.94. The number of imidazole rings is 1. The lowest BCUT2D eigenvalue weighted by atomic mass is 9.99. The molecule has 5 rings (SSSR count). The van der Waals surface area contributed by atoms with Gasteiger partial charge in [0.05, 0.1) is 17.6 Å². The van der Waals surface area contributed by atoms with E-state index in [1.807, 2.05) is 0 Å². The lowest BCUT2D eigenvalue weighted by molar-refractivity contribution is -0.141. The number of benzene rings is 1. The minimum Gasteiger partial charge on any atom is -0.458 e. The number of aromatic nitrogens is 3. The van der Waals surface area contributed by atoms with Gasteiger partial charge in [0.15, 0.2) is 5.69 Å². The molecule has 1 aliphatic rings. The van der Waals surface area contributed by atoms with E-state index in [2.05, 4.69) is 15.0 Å². The van der Waals surface area contributed by atoms with Crippen molar-refractivity contribution in [3.63, 3.8) is 0 Å². The predicted molar refractivity (Wildman–Crippen MR) is 113 cm³/mol. The number of hydrogen-bond donors (Lipinski definition) is 2. The Morgan fingerprint density at radius 3 is 2.51 bits per heavy atom. The SMILES string of the molecule is CC(C)(O)c1nc(C(F)(F)F)c(C(=O)N2CCc3[nH]cnc3[C@H]2c2cc3cccc(C(F)(F)F)c3o2)o1. The molecular weight excluding hydrogens is 510 g/mol. The van der Waals surface area contributed by atoms with E-state index in [1.165, 1.54) is 24.5 Å². The van der Waals surface area contributed by atoms with Gasteiger partial charge in [0.25, 0.3) is 5.91 Å². The second kappa shape index (κ2) is 8.10. The molecule has 0 aliphatic carbocycles. The van der Waals surface area contributed by atoms with Crippen LogP contribution in [0.5, 0.6) is 0 Å². The van der Waals surface area contributed by atoms with Crippen LogP contribution in [-0.4, -0.2) is 37.4 Å². The zero-order chi connectivity index (χ0) is 26.9. The van der Waals surface area contributed by atoms with Crippen LogP contribution in [-0.2, 0) is 24.4 Å². The van der Waals surface area contributed by atoms with Gasteiger partial charge in [-0.2, -0.15) is 26.3 Å². The highest BCUT2D eigenvalue weighted by Crippen LogP contribution is 2.42. The van der Waals surface area contributed by atoms with Gasteiger partial charge < -0.3 is 23.8 Å². The zero-order valence-corrected chi connectivity index (χ0v) is 19.2. The Morgan fingerprint density at radius 2 is 1.86 bits per heavy atom. The molecule has 1 aliphatic heterocycles. The van der Waals surface area contributed by atoms with E-state index in [1.54, 1.807) is 0 Å². The second-order valence-corrected chi connectivity index (χ2v) is 9.04. The number of fused-ring (bicyclic) bond motifs is 2. The molecule has 8 nitrogen and oxygen atoms in total. The number of aromatic amines is 1. The first-order chi connectivity index (χ1) is 17.2. The molecule has 4 aromatic rings. The van der Waals surface area contributed by atoms with Gasteiger partial charge in [-0.25, -0.2) is 9.97 Å². The molecule has 1 atom stereocenters. The Morgan fingerprint density at radius 1 is 1.14 bits per heavy atom. The van der Waals surface area contributed by atoms with Crippen LogP contribution in [0.3, 0.4) is 0 Å². The summed E-state index contributed by atoms with van der Waals surface area (Å²) in [6.45, 7) is 2.14. The first kappa shape index (κ1) is 24.9. The number of aliphatic hydroxyl groups is 1. The number of furan rings is 1. The summed E-state index contributed by atoms with van der Waals surface area (Å²) >= 11 is 0. The summed E-state index contributed by atoms with van der Waals surface area (Å²) in [4.78, 5) is 24.8. The number of nitrogens with one attached hydrogen (secondary N) is 1. The van der Waals surface area contributed by atoms with Crippen LogP contribution in [0.1, 0.15) is 64.7 Å². The van der Waals surface area contributed by atoms with E-state index >= 15 is 0 Å². The van der Waals surface area contributed by atoms with E-state index < -0.39 is 58.4 Å². The van der Waals surface area contributed by atoms with Crippen LogP contribution in [0, 0.1) is 0 Å². The number of oxazole rings is 1. The van der Waals surface area contributed by atoms with Gasteiger partial charge in [-0.15, -0.1) is 0 Å². The summed E-state index contributed by atoms with van der Waals surface area (Å²) in [6.07, 6.45) is -8.36. The van der Waals surface area contributed by atoms with E-state index in [-0.39, 0.29) is 29.8 Å². The number of amides is 1. The quantitative estimate of drug-likeness (QED) is 0.354. The fourth-order valence-electron chi connectivity index (χ4n) is 4.27. The third-order valence-electron chi connectivity index (χ3n) is 5.94. The highest BCUT2D eigenvalue weighted by Gasteiger charge is 2.46. The number of rotatable bonds is 3. The van der Waals surface area contributed by atoms with Crippen molar-refractivity contribution >= 4 is 16.9 Å². The molecule has 1 amide bonds. The fourth-order valence-corrected chi connectivity index (χ4v) is 4.27. The number of nitrogens with zero attached hydrogens (tertiary/aromatic N) is 3. The van der Waals surface area contributed by atoms with Crippen molar-refractivity contribution in [1.82, 2.24) is 19.9 Å². The topological polar surface area (TPSA) is 108 Å². The maximum absolute atomic E-state index is 13.8. The first-order valence-electron chi connectivity index (χ1n) is 10.9. The van der Waals surface area contributed by atoms with Crippen molar-refractivity contribution in [1.29, 1.82) is 0 Å². The molecule has 196 valence electrons. The molecule has 1 aromatic carbocycles. The van der Waals surface area contributed by atoms with Gasteiger partial charge in [-0.05, 0) is 26.0 Å². The molecule has 0 saturated heterocycles. The first-order valence-corrected chi connectivity index (χ1v) is 10.9. The van der Waals surface area contributed by atoms with Crippen molar-refractivity contribution in [2.24, 2.45) is 0 Å². The smallest absolute Gasteiger partial charge is 0.437 e. The molecule has 0 unspecified atom stereocenters. The molecule has 2 N–H and O–H groups in total. The Hall–Kier alpha value is -3.81. The lowest BCUT2D eigenvalue weighted by Crippen LogP contribution is -2.41. The van der Waals surface area contributed by atoms with Crippen LogP contribution >= 0.6 is 0 Å². The van der Waals surface area contributed by atoms with Gasteiger partial charge in [0, 0.05) is 24.0 Å². The number of halogens is 6. The summed E-state index contributed by atoms with van der Waals surface area (Å²) in [7, 11) is 0. The Bertz CT molecular complexity index is 1490. The molecule has 0 fully saturated rings. The number of carbonyl (C=O) groups excluding carboxylic acids is 1. The maximum Gasteiger partial charge on any atom is 0.437 e. The van der Waals surface area contributed by atoms with Crippen molar-refractivity contribution < 1.29 is 45.1 Å². The van der Waals surface area contributed by atoms with Gasteiger partial charge in [-0.1, -0.05) is 12.1 Å². The molecule has 0 spiro atoms. The molecule has 0 saturated carbocycles. The molecule has 3 aromatic heterocycles. The standard InChI is InChI=1S/C23H18F6N4O4/c1-21(2,35)20-32-18(23(27,28)29)17(37-20)19(34)33-7-6-12-14(31-9-30-12)15(33)13-8-10-4-3-5-11(16(10)36-13)22(24,25)26/h3-5,8-9,15,35H,6-7H2,1-2H3,(H,30,31)/t15-/m1/s1. The van der Waals surface area contributed by atoms with Crippen molar-refractivity contribution in [3.05, 3.63) is 70.6 Å². The van der Waals surface area contributed by atoms with Crippen LogP contribution in [0.4, 0.5) is 26.3 Å². The van der Waals surface area contributed by atoms with E-state index in [0.29, 0.717) is 5.69 Å². The molecule has 0 radical (unpaired) electrons. The van der Waals surface area contributed by atoms with Crippen molar-refractivity contribution in [2.75, 3.05) is 6.54 Å². The highest BCUT2D eigenvalue weighted by atomic mass is 19.4. The van der Waals surface area contributed by atoms with Gasteiger partial charge in [0.1, 0.15) is 23.0 Å². The van der Waals surface area contributed by atoms with Crippen LogP contribution in [0.15, 0.2) is 39.4 Å². The van der Waals surface area contributed by atoms with Gasteiger partial charge in [0.2, 0.25) is 11.7 Å². The molecule has 0 bridgehead atoms. The Labute approximate surface area is 203 Å². The lowest BCUT2D eigenvalue weighted by Gasteiger charge is -2.33. The average molecular weight is 528 g/mol. The van der Waals surface area contributed by atoms with Gasteiger partial charge >= 0.3 is 12.4 Å². The third kappa shape index (κ3) is 4.24. The summed E-state index contributed by atoms with van der Waals surface area (Å²) < 4.78 is 92.7. The summed E-state index contributed by atoms with van der Waals surface area (Å²) in [5, 5.41) is 10.2. The van der Waals surface area contributed by atoms with E-state index in [9.17, 15) is 36.2 Å². The molecule has 37 heavy (non-hydrogen) atoms. The second-order valence-electron chi connectivity index (χ2n) is 9.04. The summed E-state index contributed by atoms with van der Waals surface area (Å²) in [5.74, 6) is -3.27. The molecular formula is C23H18F6N4O4. The Balaban J connectivity index is 1.66. The monoisotopic (exact) mass is 528 g/mol. The zero-order valence-electron chi connectivity index (χ0n) is 19.2. The number of para-hydroxylation sites is 1. The van der Waals surface area contributed by atoms with Crippen molar-refractivity contribution in [2.45, 2.75) is 44.3 Å². The van der Waals surface area contributed by atoms with E-state index in [0.717, 1.165) is 24.8 Å². The minimum atomic E-state index is -5.10. The average Bonchev–Trinajstić information content (AvgIpc) is 3.53. The number of hydrogen-bond acceptors (Lipinski definition) is 6. The van der Waals surface area contributed by atoms with Crippen LogP contribution in [0.2, 0.25) is 0 Å². The molecule has 14 heteroatoms. The number of H-pyrrole nitrogens is 1. The normalized spacial score (nSPS) is 16.9. The van der Waals surface area contributed by atoms with Gasteiger partial charge in [-0.3, -0.25) is 4.79 Å². The maximum atomic E-state index is 13.8. The summed E-state index contributed by atoms with van der Waals surface area (Å²) in [5.41, 5.74) is -4.36. The highest BCUT2D eigenvalue weighted by molar-refractivity contribution is 5.93. The van der Waals surface area contributed by atoms with Crippen LogP contribution in [0.25, 0.3) is 11.0 Å². The van der Waals surface area contributed by atoms with Crippen LogP contribution < -0.4 is 0 Å². The van der Waals surface area contributed by atoms with Crippen molar-refractivity contribution in [3.8, 4) is 0 Å². The Kier molecular flexibility index (Phi) is 5.44. The number of carbonyl (C=O) groups is 1. The predicted octanol–water partition coefficient (Wildman–Crippen LogP) is 5.20. The van der Waals surface area contributed by atoms with E-state index in [4.69, 9.17) is 8.83 Å².